The molecule has 134 valence electrons. The van der Waals surface area contributed by atoms with Gasteiger partial charge in [-0.1, -0.05) is 66.2 Å². The predicted molar refractivity (Wildman–Crippen MR) is 116 cm³/mol. The van der Waals surface area contributed by atoms with Crippen LogP contribution in [0.2, 0.25) is 0 Å². The maximum atomic E-state index is 5.36. The zero-order valence-corrected chi connectivity index (χ0v) is 16.9. The second-order valence-corrected chi connectivity index (χ2v) is 10.3. The fourth-order valence-electron chi connectivity index (χ4n) is 2.98. The van der Waals surface area contributed by atoms with E-state index in [-0.39, 0.29) is 5.54 Å². The number of rotatable bonds is 5. The zero-order chi connectivity index (χ0) is 18.6. The lowest BCUT2D eigenvalue weighted by Gasteiger charge is -2.43. The van der Waals surface area contributed by atoms with Gasteiger partial charge in [-0.3, -0.25) is 0 Å². The Hall–Kier alpha value is -2.15. The molecule has 1 N–H and O–H groups in total. The summed E-state index contributed by atoms with van der Waals surface area (Å²) in [6, 6.07) is 29.8. The first kappa shape index (κ1) is 18.6. The van der Waals surface area contributed by atoms with Crippen LogP contribution in [0.3, 0.4) is 0 Å². The lowest BCUT2D eigenvalue weighted by molar-refractivity contribution is 0.529. The van der Waals surface area contributed by atoms with Crippen molar-refractivity contribution in [2.24, 2.45) is 0 Å². The molecular formula is C23H27N2P. The molecule has 3 heteroatoms. The van der Waals surface area contributed by atoms with Crippen LogP contribution in [-0.2, 0) is 0 Å². The lowest BCUT2D eigenvalue weighted by Crippen LogP contribution is -2.42. The number of hydrogen-bond donors (Lipinski definition) is 1. The summed E-state index contributed by atoms with van der Waals surface area (Å²) in [6.45, 7) is 8.73. The van der Waals surface area contributed by atoms with Crippen LogP contribution < -0.4 is 15.7 Å². The Morgan fingerprint density at radius 1 is 0.692 bits per heavy atom. The van der Waals surface area contributed by atoms with Crippen molar-refractivity contribution in [1.82, 2.24) is 5.09 Å². The molecule has 0 amide bonds. The van der Waals surface area contributed by atoms with Crippen molar-refractivity contribution in [3.63, 3.8) is 0 Å². The first-order chi connectivity index (χ1) is 12.4. The fraction of sp³-hybridized carbons (Fsp3) is 0.217. The van der Waals surface area contributed by atoms with Crippen molar-refractivity contribution in [3.8, 4) is 0 Å². The van der Waals surface area contributed by atoms with E-state index in [1.54, 1.807) is 0 Å². The largest absolute Gasteiger partial charge is 0.499 e. The van der Waals surface area contributed by atoms with Gasteiger partial charge in [0, 0.05) is 5.54 Å². The van der Waals surface area contributed by atoms with E-state index < -0.39 is 7.56 Å². The molecule has 3 rings (SSSR count). The average molecular weight is 362 g/mol. The van der Waals surface area contributed by atoms with Gasteiger partial charge in [-0.05, 0) is 52.0 Å². The minimum atomic E-state index is -2.18. The first-order valence-corrected chi connectivity index (χ1v) is 10.7. The van der Waals surface area contributed by atoms with Gasteiger partial charge in [0.15, 0.2) is 0 Å². The van der Waals surface area contributed by atoms with Gasteiger partial charge in [0.25, 0.3) is 0 Å². The highest BCUT2D eigenvalue weighted by atomic mass is 31.2. The molecule has 3 aromatic rings. The van der Waals surface area contributed by atoms with Crippen molar-refractivity contribution in [3.05, 3.63) is 95.6 Å². The molecule has 0 aromatic heterocycles. The molecule has 0 aliphatic carbocycles. The van der Waals surface area contributed by atoms with E-state index in [1.807, 2.05) is 0 Å². The Labute approximate surface area is 158 Å². The number of hydrogen-bond acceptors (Lipinski definition) is 1. The van der Waals surface area contributed by atoms with Crippen LogP contribution in [0.4, 0.5) is 5.69 Å². The van der Waals surface area contributed by atoms with Crippen molar-refractivity contribution >= 4 is 23.9 Å². The lowest BCUT2D eigenvalue weighted by atomic mass is 10.1. The Bertz CT molecular complexity index is 782. The molecule has 26 heavy (non-hydrogen) atoms. The smallest absolute Gasteiger partial charge is 0.107 e. The molecule has 0 saturated carbocycles. The maximum absolute atomic E-state index is 5.36. The SMILES string of the molecule is Cc1ccc([N-][P+](NC(C)(C)C)(c2ccccc2)c2ccccc2)cc1. The van der Waals surface area contributed by atoms with E-state index in [0.717, 1.165) is 5.69 Å². The summed E-state index contributed by atoms with van der Waals surface area (Å²) in [7, 11) is -2.18. The van der Waals surface area contributed by atoms with Crippen LogP contribution in [0.5, 0.6) is 0 Å². The third kappa shape index (κ3) is 4.33. The molecule has 0 radical (unpaired) electrons. The van der Waals surface area contributed by atoms with Crippen molar-refractivity contribution < 1.29 is 0 Å². The molecule has 0 atom stereocenters. The number of nitrogens with zero attached hydrogens (tertiary/aromatic N) is 1. The van der Waals surface area contributed by atoms with E-state index in [4.69, 9.17) is 5.09 Å². The summed E-state index contributed by atoms with van der Waals surface area (Å²) in [5.74, 6) is 0. The first-order valence-electron chi connectivity index (χ1n) is 8.99. The van der Waals surface area contributed by atoms with Crippen LogP contribution in [0.25, 0.3) is 5.09 Å². The predicted octanol–water partition coefficient (Wildman–Crippen LogP) is 5.89. The summed E-state index contributed by atoms with van der Waals surface area (Å²) < 4.78 is 0. The van der Waals surface area contributed by atoms with Gasteiger partial charge in [0.1, 0.15) is 10.6 Å². The third-order valence-electron chi connectivity index (χ3n) is 4.06. The van der Waals surface area contributed by atoms with Gasteiger partial charge in [-0.15, -0.1) is 5.69 Å². The van der Waals surface area contributed by atoms with Crippen LogP contribution >= 0.6 is 7.56 Å². The number of benzene rings is 3. The molecule has 0 bridgehead atoms. The highest BCUT2D eigenvalue weighted by Gasteiger charge is 2.38. The molecule has 0 aliphatic rings. The Balaban J connectivity index is 2.18. The van der Waals surface area contributed by atoms with E-state index in [0.29, 0.717) is 0 Å². The summed E-state index contributed by atoms with van der Waals surface area (Å²) in [6.07, 6.45) is 0. The molecule has 0 heterocycles. The highest BCUT2D eigenvalue weighted by Crippen LogP contribution is 2.63. The van der Waals surface area contributed by atoms with E-state index >= 15 is 0 Å². The quantitative estimate of drug-likeness (QED) is 0.563. The molecular weight excluding hydrogens is 335 g/mol. The fourth-order valence-corrected chi connectivity index (χ4v) is 6.47. The standard InChI is InChI=1S/C23H27N2P/c1-19-15-17-20(18-16-19)24-26(25-23(2,3)4,21-11-7-5-8-12-21)22-13-9-6-10-14-22/h5-18,25H,1-4H3. The topological polar surface area (TPSA) is 26.1 Å². The summed E-state index contributed by atoms with van der Waals surface area (Å²) in [4.78, 5) is 0. The normalized spacial score (nSPS) is 12.0. The van der Waals surface area contributed by atoms with Crippen LogP contribution in [0, 0.1) is 6.92 Å². The summed E-state index contributed by atoms with van der Waals surface area (Å²) >= 11 is 0. The van der Waals surface area contributed by atoms with Crippen LogP contribution in [-0.4, -0.2) is 5.54 Å². The second kappa shape index (κ2) is 7.61. The molecule has 0 fully saturated rings. The van der Waals surface area contributed by atoms with E-state index in [9.17, 15) is 0 Å². The van der Waals surface area contributed by atoms with Crippen LogP contribution in [0.15, 0.2) is 84.9 Å². The third-order valence-corrected chi connectivity index (χ3v) is 7.67. The Kier molecular flexibility index (Phi) is 5.46. The second-order valence-electron chi connectivity index (χ2n) is 7.60. The van der Waals surface area contributed by atoms with Crippen molar-refractivity contribution in [1.29, 1.82) is 0 Å². The van der Waals surface area contributed by atoms with Crippen molar-refractivity contribution in [2.45, 2.75) is 33.2 Å². The van der Waals surface area contributed by atoms with Gasteiger partial charge in [-0.25, -0.2) is 0 Å². The highest BCUT2D eigenvalue weighted by molar-refractivity contribution is 7.90. The number of nitrogens with one attached hydrogen (secondary N) is 1. The monoisotopic (exact) mass is 362 g/mol. The maximum Gasteiger partial charge on any atom is 0.107 e. The van der Waals surface area contributed by atoms with E-state index in [2.05, 4.69) is 118 Å². The molecule has 0 saturated heterocycles. The molecule has 2 nitrogen and oxygen atoms in total. The average Bonchev–Trinajstić information content (AvgIpc) is 2.63. The Morgan fingerprint density at radius 3 is 1.58 bits per heavy atom. The number of aryl methyl sites for hydroxylation is 1. The zero-order valence-electron chi connectivity index (χ0n) is 16.0. The molecule has 0 spiro atoms. The van der Waals surface area contributed by atoms with Gasteiger partial charge < -0.3 is 5.09 Å². The summed E-state index contributed by atoms with van der Waals surface area (Å²) in [5, 5.41) is 11.7. The van der Waals surface area contributed by atoms with Gasteiger partial charge in [0.2, 0.25) is 0 Å². The minimum absolute atomic E-state index is 0.0757. The van der Waals surface area contributed by atoms with Crippen molar-refractivity contribution in [2.75, 3.05) is 0 Å². The van der Waals surface area contributed by atoms with Crippen LogP contribution in [0.1, 0.15) is 26.3 Å². The van der Waals surface area contributed by atoms with E-state index in [1.165, 1.54) is 16.2 Å². The molecule has 3 aromatic carbocycles. The van der Waals surface area contributed by atoms with Gasteiger partial charge in [0.05, 0.1) is 7.56 Å². The minimum Gasteiger partial charge on any atom is -0.499 e. The molecule has 0 unspecified atom stereocenters. The summed E-state index contributed by atoms with van der Waals surface area (Å²) in [5.41, 5.74) is 2.18. The van der Waals surface area contributed by atoms with Gasteiger partial charge >= 0.3 is 0 Å². The van der Waals surface area contributed by atoms with Gasteiger partial charge in [-0.2, -0.15) is 5.09 Å². The Morgan fingerprint density at radius 2 is 1.15 bits per heavy atom. The molecule has 0 aliphatic heterocycles.